The monoisotopic (exact) mass is 353 g/mol. The molecular formula is C21H23NO4. The Balaban J connectivity index is 1.51. The van der Waals surface area contributed by atoms with Gasteiger partial charge in [0.2, 0.25) is 0 Å². The van der Waals surface area contributed by atoms with E-state index in [1.807, 2.05) is 42.5 Å². The first-order valence-electron chi connectivity index (χ1n) is 9.03. The number of rotatable bonds is 6. The van der Waals surface area contributed by atoms with Gasteiger partial charge in [-0.25, -0.2) is 0 Å². The second-order valence-corrected chi connectivity index (χ2v) is 6.82. The van der Waals surface area contributed by atoms with Gasteiger partial charge in [-0.3, -0.25) is 4.79 Å². The van der Waals surface area contributed by atoms with Crippen molar-refractivity contribution in [2.45, 2.75) is 25.5 Å². The van der Waals surface area contributed by atoms with Crippen LogP contribution in [0.25, 0.3) is 0 Å². The lowest BCUT2D eigenvalue weighted by molar-refractivity contribution is 0.0931. The summed E-state index contributed by atoms with van der Waals surface area (Å²) in [7, 11) is 1.66. The van der Waals surface area contributed by atoms with Crippen LogP contribution in [0.5, 0.6) is 11.5 Å². The van der Waals surface area contributed by atoms with Gasteiger partial charge >= 0.3 is 0 Å². The number of ether oxygens (including phenoxy) is 3. The Labute approximate surface area is 153 Å². The Morgan fingerprint density at radius 3 is 2.54 bits per heavy atom. The third-order valence-electron chi connectivity index (χ3n) is 4.83. The number of carbonyl (C=O) groups excluding carboxylic acids is 1. The molecule has 5 nitrogen and oxygen atoms in total. The predicted octanol–water partition coefficient (Wildman–Crippen LogP) is 3.49. The molecule has 2 aromatic carbocycles. The third-order valence-corrected chi connectivity index (χ3v) is 4.83. The van der Waals surface area contributed by atoms with Crippen LogP contribution in [0.1, 0.15) is 40.4 Å². The largest absolute Gasteiger partial charge is 0.486 e. The average molecular weight is 353 g/mol. The zero-order chi connectivity index (χ0) is 17.9. The lowest BCUT2D eigenvalue weighted by Gasteiger charge is -2.23. The van der Waals surface area contributed by atoms with Gasteiger partial charge in [0, 0.05) is 12.7 Å². The van der Waals surface area contributed by atoms with Crippen molar-refractivity contribution >= 4 is 5.91 Å². The van der Waals surface area contributed by atoms with Crippen molar-refractivity contribution in [1.82, 2.24) is 5.32 Å². The molecule has 1 heterocycles. The maximum atomic E-state index is 12.7. The molecule has 1 fully saturated rings. The molecule has 1 saturated carbocycles. The van der Waals surface area contributed by atoms with Gasteiger partial charge < -0.3 is 19.5 Å². The van der Waals surface area contributed by atoms with Crippen LogP contribution in [0.3, 0.4) is 0 Å². The van der Waals surface area contributed by atoms with Crippen LogP contribution >= 0.6 is 0 Å². The minimum Gasteiger partial charge on any atom is -0.486 e. The fourth-order valence-corrected chi connectivity index (χ4v) is 3.30. The summed E-state index contributed by atoms with van der Waals surface area (Å²) >= 11 is 0. The third kappa shape index (κ3) is 3.68. The van der Waals surface area contributed by atoms with Crippen LogP contribution < -0.4 is 14.8 Å². The molecule has 1 aliphatic carbocycles. The van der Waals surface area contributed by atoms with E-state index in [2.05, 4.69) is 5.32 Å². The number of carbonyl (C=O) groups is 1. The van der Waals surface area contributed by atoms with Gasteiger partial charge in [-0.1, -0.05) is 18.2 Å². The Morgan fingerprint density at radius 1 is 1.12 bits per heavy atom. The van der Waals surface area contributed by atoms with Crippen molar-refractivity contribution in [3.63, 3.8) is 0 Å². The molecule has 1 amide bonds. The SMILES string of the molecule is COCc1ccc(C(=O)N[C@@H](c2ccc3c(c2)OCCO3)C2CC2)cc1. The number of nitrogens with one attached hydrogen (secondary N) is 1. The van der Waals surface area contributed by atoms with E-state index in [-0.39, 0.29) is 11.9 Å². The van der Waals surface area contributed by atoms with Gasteiger partial charge in [0.15, 0.2) is 11.5 Å². The van der Waals surface area contributed by atoms with Gasteiger partial charge in [0.05, 0.1) is 12.6 Å². The number of fused-ring (bicyclic) bond motifs is 1. The van der Waals surface area contributed by atoms with Gasteiger partial charge in [-0.2, -0.15) is 0 Å². The zero-order valence-electron chi connectivity index (χ0n) is 14.9. The smallest absolute Gasteiger partial charge is 0.251 e. The Kier molecular flexibility index (Phi) is 4.80. The predicted molar refractivity (Wildman–Crippen MR) is 97.5 cm³/mol. The molecule has 1 aliphatic heterocycles. The van der Waals surface area contributed by atoms with Crippen LogP contribution in [0.15, 0.2) is 42.5 Å². The van der Waals surface area contributed by atoms with Crippen molar-refractivity contribution < 1.29 is 19.0 Å². The van der Waals surface area contributed by atoms with Crippen molar-refractivity contribution in [2.24, 2.45) is 5.92 Å². The molecule has 0 aromatic heterocycles. The fourth-order valence-electron chi connectivity index (χ4n) is 3.30. The summed E-state index contributed by atoms with van der Waals surface area (Å²) in [4.78, 5) is 12.7. The number of methoxy groups -OCH3 is 1. The summed E-state index contributed by atoms with van der Waals surface area (Å²) in [6.45, 7) is 1.68. The molecule has 2 aromatic rings. The summed E-state index contributed by atoms with van der Waals surface area (Å²) in [5.74, 6) is 1.96. The average Bonchev–Trinajstić information content (AvgIpc) is 3.51. The maximum absolute atomic E-state index is 12.7. The number of hydrogen-bond acceptors (Lipinski definition) is 4. The highest BCUT2D eigenvalue weighted by Gasteiger charge is 2.34. The van der Waals surface area contributed by atoms with Crippen molar-refractivity contribution in [1.29, 1.82) is 0 Å². The highest BCUT2D eigenvalue weighted by atomic mass is 16.6. The van der Waals surface area contributed by atoms with E-state index in [4.69, 9.17) is 14.2 Å². The minimum atomic E-state index is -0.0549. The normalized spacial score (nSPS) is 16.8. The van der Waals surface area contributed by atoms with Gasteiger partial charge in [-0.15, -0.1) is 0 Å². The summed E-state index contributed by atoms with van der Waals surface area (Å²) in [5.41, 5.74) is 2.78. The van der Waals surface area contributed by atoms with Crippen LogP contribution in [0, 0.1) is 5.92 Å². The topological polar surface area (TPSA) is 56.8 Å². The van der Waals surface area contributed by atoms with Crippen molar-refractivity contribution in [3.8, 4) is 11.5 Å². The van der Waals surface area contributed by atoms with Gasteiger partial charge in [-0.05, 0) is 54.2 Å². The van der Waals surface area contributed by atoms with E-state index in [1.165, 1.54) is 0 Å². The summed E-state index contributed by atoms with van der Waals surface area (Å²) in [6, 6.07) is 13.5. The summed E-state index contributed by atoms with van der Waals surface area (Å²) in [5, 5.41) is 3.20. The molecule has 136 valence electrons. The van der Waals surface area contributed by atoms with Gasteiger partial charge in [0.25, 0.3) is 5.91 Å². The molecule has 2 aliphatic rings. The van der Waals surface area contributed by atoms with Crippen LogP contribution in [0.4, 0.5) is 0 Å². The van der Waals surface area contributed by atoms with Crippen molar-refractivity contribution in [3.05, 3.63) is 59.2 Å². The van der Waals surface area contributed by atoms with E-state index in [0.717, 1.165) is 35.5 Å². The number of amides is 1. The van der Waals surface area contributed by atoms with Crippen LogP contribution in [-0.4, -0.2) is 26.2 Å². The highest BCUT2D eigenvalue weighted by Crippen LogP contribution is 2.43. The summed E-state index contributed by atoms with van der Waals surface area (Å²) < 4.78 is 16.4. The quantitative estimate of drug-likeness (QED) is 0.864. The first-order chi connectivity index (χ1) is 12.7. The highest BCUT2D eigenvalue weighted by molar-refractivity contribution is 5.94. The first-order valence-corrected chi connectivity index (χ1v) is 9.03. The first kappa shape index (κ1) is 16.9. The molecule has 26 heavy (non-hydrogen) atoms. The molecule has 0 unspecified atom stereocenters. The maximum Gasteiger partial charge on any atom is 0.251 e. The van der Waals surface area contributed by atoms with E-state index in [1.54, 1.807) is 7.11 Å². The standard InChI is InChI=1S/C21H23NO4/c1-24-13-14-2-4-16(5-3-14)21(23)22-20(15-6-7-15)17-8-9-18-19(12-17)26-11-10-25-18/h2-5,8-9,12,15,20H,6-7,10-11,13H2,1H3,(H,22,23)/t20-/m1/s1. The molecule has 4 rings (SSSR count). The lowest BCUT2D eigenvalue weighted by Crippen LogP contribution is -2.30. The Hall–Kier alpha value is -2.53. The van der Waals surface area contributed by atoms with E-state index >= 15 is 0 Å². The molecule has 0 radical (unpaired) electrons. The number of hydrogen-bond donors (Lipinski definition) is 1. The molecular weight excluding hydrogens is 330 g/mol. The second kappa shape index (κ2) is 7.38. The molecule has 0 spiro atoms. The molecule has 1 N–H and O–H groups in total. The number of benzene rings is 2. The lowest BCUT2D eigenvalue weighted by atomic mass is 10.0. The molecule has 1 atom stereocenters. The fraction of sp³-hybridized carbons (Fsp3) is 0.381. The Morgan fingerprint density at radius 2 is 1.85 bits per heavy atom. The zero-order valence-corrected chi connectivity index (χ0v) is 14.9. The van der Waals surface area contributed by atoms with E-state index in [9.17, 15) is 4.79 Å². The van der Waals surface area contributed by atoms with Gasteiger partial charge in [0.1, 0.15) is 13.2 Å². The minimum absolute atomic E-state index is 0.00280. The van der Waals surface area contributed by atoms with Crippen molar-refractivity contribution in [2.75, 3.05) is 20.3 Å². The van der Waals surface area contributed by atoms with Crippen LogP contribution in [0.2, 0.25) is 0 Å². The van der Waals surface area contributed by atoms with E-state index in [0.29, 0.717) is 31.3 Å². The van der Waals surface area contributed by atoms with Crippen LogP contribution in [-0.2, 0) is 11.3 Å². The van der Waals surface area contributed by atoms with E-state index < -0.39 is 0 Å². The summed E-state index contributed by atoms with van der Waals surface area (Å²) in [6.07, 6.45) is 2.26. The molecule has 0 saturated heterocycles. The molecule has 5 heteroatoms. The second-order valence-electron chi connectivity index (χ2n) is 6.82. The molecule has 0 bridgehead atoms. The Bertz CT molecular complexity index is 783.